The molecule has 0 amide bonds. The Kier molecular flexibility index (Phi) is 6.15. The van der Waals surface area contributed by atoms with Gasteiger partial charge in [0.2, 0.25) is 0 Å². The van der Waals surface area contributed by atoms with Gasteiger partial charge in [-0.25, -0.2) is 0 Å². The number of pyridine rings is 1. The lowest BCUT2D eigenvalue weighted by molar-refractivity contribution is -0.00521. The summed E-state index contributed by atoms with van der Waals surface area (Å²) >= 11 is 0. The molecule has 0 spiro atoms. The van der Waals surface area contributed by atoms with E-state index in [1.165, 1.54) is 5.69 Å². The van der Waals surface area contributed by atoms with Crippen LogP contribution in [0.15, 0.2) is 66.9 Å². The number of methoxy groups -OCH3 is 1. The minimum atomic E-state index is 0.220. The standard InChI is InChI=1S/C30H29N3O2/c1-19-14-23(8-9-24(19)15-31)26-6-5-7-27-29(26)32-16-28(30(27)34-4)22-10-12-25(13-11-22)33-17-20(2)35-21(3)18-33/h5-14,16,20-21H,17-18H2,1-4H3. The second-order valence-corrected chi connectivity index (χ2v) is 9.26. The number of anilines is 1. The molecule has 3 aromatic carbocycles. The highest BCUT2D eigenvalue weighted by atomic mass is 16.5. The molecule has 2 unspecified atom stereocenters. The third-order valence-corrected chi connectivity index (χ3v) is 6.67. The van der Waals surface area contributed by atoms with Crippen LogP contribution in [0, 0.1) is 18.3 Å². The molecule has 0 aliphatic carbocycles. The lowest BCUT2D eigenvalue weighted by Crippen LogP contribution is -2.45. The Morgan fingerprint density at radius 1 is 0.971 bits per heavy atom. The summed E-state index contributed by atoms with van der Waals surface area (Å²) in [6.45, 7) is 7.98. The van der Waals surface area contributed by atoms with Crippen LogP contribution >= 0.6 is 0 Å². The molecule has 0 radical (unpaired) electrons. The van der Waals surface area contributed by atoms with E-state index in [9.17, 15) is 5.26 Å². The lowest BCUT2D eigenvalue weighted by atomic mass is 9.96. The number of nitrogens with zero attached hydrogens (tertiary/aromatic N) is 3. The molecule has 1 aliphatic heterocycles. The third-order valence-electron chi connectivity index (χ3n) is 6.67. The van der Waals surface area contributed by atoms with Gasteiger partial charge in [0, 0.05) is 41.5 Å². The van der Waals surface area contributed by atoms with Gasteiger partial charge in [0.05, 0.1) is 36.5 Å². The largest absolute Gasteiger partial charge is 0.495 e. The van der Waals surface area contributed by atoms with Crippen LogP contribution in [-0.4, -0.2) is 37.4 Å². The number of hydrogen-bond donors (Lipinski definition) is 0. The predicted molar refractivity (Wildman–Crippen MR) is 141 cm³/mol. The van der Waals surface area contributed by atoms with Crippen molar-refractivity contribution in [3.8, 4) is 34.1 Å². The number of aryl methyl sites for hydroxylation is 1. The van der Waals surface area contributed by atoms with Crippen molar-refractivity contribution >= 4 is 16.6 Å². The molecule has 5 rings (SSSR count). The number of para-hydroxylation sites is 1. The van der Waals surface area contributed by atoms with Crippen molar-refractivity contribution in [2.75, 3.05) is 25.1 Å². The number of rotatable bonds is 4. The van der Waals surface area contributed by atoms with Crippen LogP contribution in [0.1, 0.15) is 25.0 Å². The average Bonchev–Trinajstić information content (AvgIpc) is 2.87. The molecule has 176 valence electrons. The maximum Gasteiger partial charge on any atom is 0.137 e. The number of fused-ring (bicyclic) bond motifs is 1. The number of hydrogen-bond acceptors (Lipinski definition) is 5. The van der Waals surface area contributed by atoms with Crippen molar-refractivity contribution in [2.45, 2.75) is 33.0 Å². The highest BCUT2D eigenvalue weighted by Gasteiger charge is 2.22. The van der Waals surface area contributed by atoms with E-state index in [0.29, 0.717) is 5.56 Å². The molecular weight excluding hydrogens is 434 g/mol. The monoisotopic (exact) mass is 463 g/mol. The Bertz CT molecular complexity index is 1410. The van der Waals surface area contributed by atoms with Gasteiger partial charge in [-0.05, 0) is 61.7 Å². The van der Waals surface area contributed by atoms with Crippen molar-refractivity contribution in [1.29, 1.82) is 5.26 Å². The van der Waals surface area contributed by atoms with E-state index in [-0.39, 0.29) is 12.2 Å². The Balaban J connectivity index is 1.54. The number of morpholine rings is 1. The average molecular weight is 464 g/mol. The fourth-order valence-corrected chi connectivity index (χ4v) is 5.05. The summed E-state index contributed by atoms with van der Waals surface area (Å²) in [7, 11) is 1.71. The van der Waals surface area contributed by atoms with Crippen molar-refractivity contribution in [2.24, 2.45) is 0 Å². The van der Waals surface area contributed by atoms with Gasteiger partial charge >= 0.3 is 0 Å². The molecular formula is C30H29N3O2. The minimum Gasteiger partial charge on any atom is -0.495 e. The predicted octanol–water partition coefficient (Wildman–Crippen LogP) is 6.37. The van der Waals surface area contributed by atoms with Crippen LogP contribution in [-0.2, 0) is 4.74 Å². The SMILES string of the molecule is COc1c(-c2ccc(N3CC(C)OC(C)C3)cc2)cnc2c(-c3ccc(C#N)c(C)c3)cccc12. The maximum atomic E-state index is 9.29. The van der Waals surface area contributed by atoms with Gasteiger partial charge in [-0.3, -0.25) is 4.98 Å². The summed E-state index contributed by atoms with van der Waals surface area (Å²) in [5.41, 5.74) is 7.80. The van der Waals surface area contributed by atoms with Crippen molar-refractivity contribution in [3.05, 3.63) is 78.0 Å². The quantitative estimate of drug-likeness (QED) is 0.352. The van der Waals surface area contributed by atoms with Crippen molar-refractivity contribution in [3.63, 3.8) is 0 Å². The van der Waals surface area contributed by atoms with Crippen molar-refractivity contribution in [1.82, 2.24) is 4.98 Å². The molecule has 2 heterocycles. The first kappa shape index (κ1) is 22.9. The summed E-state index contributed by atoms with van der Waals surface area (Å²) < 4.78 is 11.8. The fraction of sp³-hybridized carbons (Fsp3) is 0.267. The number of benzene rings is 3. The van der Waals surface area contributed by atoms with Crippen LogP contribution < -0.4 is 9.64 Å². The summed E-state index contributed by atoms with van der Waals surface area (Å²) in [5.74, 6) is 0.809. The molecule has 0 saturated carbocycles. The van der Waals surface area contributed by atoms with Gasteiger partial charge in [-0.15, -0.1) is 0 Å². The second kappa shape index (κ2) is 9.40. The molecule has 4 aromatic rings. The third kappa shape index (κ3) is 4.34. The molecule has 0 N–H and O–H groups in total. The summed E-state index contributed by atoms with van der Waals surface area (Å²) in [4.78, 5) is 7.25. The maximum absolute atomic E-state index is 9.29. The van der Waals surface area contributed by atoms with Crippen LogP contribution in [0.2, 0.25) is 0 Å². The van der Waals surface area contributed by atoms with Crippen LogP contribution in [0.4, 0.5) is 5.69 Å². The molecule has 5 heteroatoms. The van der Waals surface area contributed by atoms with Gasteiger partial charge in [0.1, 0.15) is 5.75 Å². The molecule has 35 heavy (non-hydrogen) atoms. The van der Waals surface area contributed by atoms with Crippen LogP contribution in [0.25, 0.3) is 33.2 Å². The molecule has 5 nitrogen and oxygen atoms in total. The zero-order valence-corrected chi connectivity index (χ0v) is 20.6. The first-order valence-corrected chi connectivity index (χ1v) is 12.0. The topological polar surface area (TPSA) is 58.4 Å². The highest BCUT2D eigenvalue weighted by Crippen LogP contribution is 2.39. The zero-order valence-electron chi connectivity index (χ0n) is 20.6. The van der Waals surface area contributed by atoms with E-state index in [2.05, 4.69) is 61.2 Å². The first-order valence-electron chi connectivity index (χ1n) is 12.0. The molecule has 1 aliphatic rings. The minimum absolute atomic E-state index is 0.220. The molecule has 2 atom stereocenters. The number of ether oxygens (including phenoxy) is 2. The first-order chi connectivity index (χ1) is 17.0. The fourth-order valence-electron chi connectivity index (χ4n) is 5.05. The van der Waals surface area contributed by atoms with Gasteiger partial charge in [-0.2, -0.15) is 5.26 Å². The molecule has 1 aromatic heterocycles. The summed E-state index contributed by atoms with van der Waals surface area (Å²) in [6, 6.07) is 22.9. The Morgan fingerprint density at radius 3 is 2.34 bits per heavy atom. The number of aromatic nitrogens is 1. The van der Waals surface area contributed by atoms with Crippen LogP contribution in [0.5, 0.6) is 5.75 Å². The van der Waals surface area contributed by atoms with E-state index in [0.717, 1.165) is 57.6 Å². The Hall–Kier alpha value is -3.88. The summed E-state index contributed by atoms with van der Waals surface area (Å²) in [5, 5.41) is 10.2. The van der Waals surface area contributed by atoms with Crippen molar-refractivity contribution < 1.29 is 9.47 Å². The Labute approximate surface area is 206 Å². The van der Waals surface area contributed by atoms with Gasteiger partial charge in [-0.1, -0.05) is 36.4 Å². The smallest absolute Gasteiger partial charge is 0.137 e. The van der Waals surface area contributed by atoms with Gasteiger partial charge < -0.3 is 14.4 Å². The lowest BCUT2D eigenvalue weighted by Gasteiger charge is -2.36. The normalized spacial score (nSPS) is 17.9. The molecule has 1 saturated heterocycles. The Morgan fingerprint density at radius 2 is 1.69 bits per heavy atom. The molecule has 0 bridgehead atoms. The van der Waals surface area contributed by atoms with Crippen LogP contribution in [0.3, 0.4) is 0 Å². The number of nitriles is 1. The highest BCUT2D eigenvalue weighted by molar-refractivity contribution is 6.00. The summed E-state index contributed by atoms with van der Waals surface area (Å²) in [6.07, 6.45) is 2.34. The van der Waals surface area contributed by atoms with E-state index in [1.807, 2.05) is 37.4 Å². The van der Waals surface area contributed by atoms with E-state index in [1.54, 1.807) is 7.11 Å². The second-order valence-electron chi connectivity index (χ2n) is 9.26. The van der Waals surface area contributed by atoms with E-state index in [4.69, 9.17) is 14.5 Å². The van der Waals surface area contributed by atoms with E-state index >= 15 is 0 Å². The zero-order chi connectivity index (χ0) is 24.5. The van der Waals surface area contributed by atoms with Gasteiger partial charge in [0.15, 0.2) is 0 Å². The van der Waals surface area contributed by atoms with E-state index < -0.39 is 0 Å². The molecule has 1 fully saturated rings. The van der Waals surface area contributed by atoms with Gasteiger partial charge in [0.25, 0.3) is 0 Å².